The lowest BCUT2D eigenvalue weighted by molar-refractivity contribution is -0.192. The van der Waals surface area contributed by atoms with Crippen molar-refractivity contribution in [1.82, 2.24) is 15.3 Å². The first-order valence-corrected chi connectivity index (χ1v) is 11.9. The molecule has 0 bridgehead atoms. The predicted octanol–water partition coefficient (Wildman–Crippen LogP) is 6.31. The van der Waals surface area contributed by atoms with Crippen LogP contribution in [0.4, 0.5) is 13.2 Å². The molecule has 0 radical (unpaired) electrons. The van der Waals surface area contributed by atoms with E-state index in [4.69, 9.17) is 14.6 Å². The van der Waals surface area contributed by atoms with Gasteiger partial charge in [-0.25, -0.2) is 9.78 Å². The number of nitrogens with one attached hydrogen (secondary N) is 2. The summed E-state index contributed by atoms with van der Waals surface area (Å²) < 4.78 is 37.7. The second-order valence-corrected chi connectivity index (χ2v) is 9.58. The molecule has 1 aromatic heterocycles. The Kier molecular flexibility index (Phi) is 9.14. The molecule has 2 aromatic carbocycles. The standard InChI is InChI=1S/C25H31N3O.C2HF3O2/c1-25(2)13-11-22(12-14-25)26-17-18-29-23-9-7-20(8-10-23)19-3-5-21(6-4-19)24-27-15-16-28-24;3-2(4,5)1(6)7/h3-10,15-16,22,26H,11-14,17-18H2,1-2H3,(H,27,28);(H,6,7). The van der Waals surface area contributed by atoms with Crippen LogP contribution in [0, 0.1) is 5.41 Å². The van der Waals surface area contributed by atoms with Crippen molar-refractivity contribution in [3.8, 4) is 28.3 Å². The predicted molar refractivity (Wildman–Crippen MR) is 133 cm³/mol. The molecule has 1 saturated carbocycles. The number of benzene rings is 2. The number of nitrogens with zero attached hydrogens (tertiary/aromatic N) is 1. The van der Waals surface area contributed by atoms with Gasteiger partial charge in [0.15, 0.2) is 0 Å². The number of alkyl halides is 3. The van der Waals surface area contributed by atoms with Crippen molar-refractivity contribution in [3.63, 3.8) is 0 Å². The van der Waals surface area contributed by atoms with Crippen LogP contribution >= 0.6 is 0 Å². The lowest BCUT2D eigenvalue weighted by Crippen LogP contribution is -2.37. The van der Waals surface area contributed by atoms with Crippen molar-refractivity contribution in [2.45, 2.75) is 51.7 Å². The minimum atomic E-state index is -5.08. The topological polar surface area (TPSA) is 87.2 Å². The van der Waals surface area contributed by atoms with Gasteiger partial charge in [0.1, 0.15) is 18.2 Å². The quantitative estimate of drug-likeness (QED) is 0.329. The maximum atomic E-state index is 10.6. The van der Waals surface area contributed by atoms with E-state index < -0.39 is 12.1 Å². The van der Waals surface area contributed by atoms with Crippen LogP contribution in [0.5, 0.6) is 5.75 Å². The Morgan fingerprint density at radius 3 is 2.08 bits per heavy atom. The van der Waals surface area contributed by atoms with E-state index in [9.17, 15) is 13.2 Å². The number of halogens is 3. The zero-order chi connectivity index (χ0) is 26.2. The summed E-state index contributed by atoms with van der Waals surface area (Å²) in [6, 6.07) is 17.4. The average Bonchev–Trinajstić information content (AvgIpc) is 3.38. The average molecular weight is 504 g/mol. The molecule has 1 aliphatic carbocycles. The van der Waals surface area contributed by atoms with Crippen LogP contribution in [0.2, 0.25) is 0 Å². The Morgan fingerprint density at radius 2 is 1.58 bits per heavy atom. The van der Waals surface area contributed by atoms with Crippen LogP contribution in [0.15, 0.2) is 60.9 Å². The fraction of sp³-hybridized carbons (Fsp3) is 0.407. The van der Waals surface area contributed by atoms with E-state index in [1.165, 1.54) is 36.8 Å². The number of aliphatic carboxylic acids is 1. The van der Waals surface area contributed by atoms with Crippen molar-refractivity contribution < 1.29 is 27.8 Å². The minimum absolute atomic E-state index is 0.523. The van der Waals surface area contributed by atoms with Crippen LogP contribution < -0.4 is 10.1 Å². The fourth-order valence-electron chi connectivity index (χ4n) is 4.02. The van der Waals surface area contributed by atoms with Gasteiger partial charge in [-0.3, -0.25) is 0 Å². The summed E-state index contributed by atoms with van der Waals surface area (Å²) in [5.74, 6) is -0.939. The summed E-state index contributed by atoms with van der Waals surface area (Å²) in [4.78, 5) is 16.3. The summed E-state index contributed by atoms with van der Waals surface area (Å²) in [6.07, 6.45) is 3.71. The zero-order valence-corrected chi connectivity index (χ0v) is 20.4. The number of carboxylic acid groups (broad SMARTS) is 1. The summed E-state index contributed by atoms with van der Waals surface area (Å²) in [7, 11) is 0. The van der Waals surface area contributed by atoms with Gasteiger partial charge >= 0.3 is 12.1 Å². The highest BCUT2D eigenvalue weighted by atomic mass is 19.4. The number of H-pyrrole nitrogens is 1. The first-order valence-electron chi connectivity index (χ1n) is 11.9. The van der Waals surface area contributed by atoms with E-state index in [1.807, 2.05) is 6.20 Å². The van der Waals surface area contributed by atoms with E-state index in [1.54, 1.807) is 6.20 Å². The fourth-order valence-corrected chi connectivity index (χ4v) is 4.02. The Hall–Kier alpha value is -3.33. The molecule has 0 amide bonds. The number of hydrogen-bond donors (Lipinski definition) is 3. The van der Waals surface area contributed by atoms with Gasteiger partial charge < -0.3 is 20.1 Å². The number of hydrogen-bond acceptors (Lipinski definition) is 4. The van der Waals surface area contributed by atoms with Crippen LogP contribution in [0.25, 0.3) is 22.5 Å². The number of aromatic nitrogens is 2. The SMILES string of the molecule is CC1(C)CCC(NCCOc2ccc(-c3ccc(-c4ncc[nH]4)cc3)cc2)CC1.O=C(O)C(F)(F)F. The van der Waals surface area contributed by atoms with Gasteiger partial charge in [-0.2, -0.15) is 13.2 Å². The van der Waals surface area contributed by atoms with Crippen LogP contribution in [0.1, 0.15) is 39.5 Å². The molecule has 0 aliphatic heterocycles. The second kappa shape index (κ2) is 12.1. The molecule has 6 nitrogen and oxygen atoms in total. The van der Waals surface area contributed by atoms with Gasteiger partial charge in [-0.05, 0) is 54.4 Å². The van der Waals surface area contributed by atoms with E-state index in [2.05, 4.69) is 77.7 Å². The minimum Gasteiger partial charge on any atom is -0.492 e. The molecule has 4 rings (SSSR count). The Balaban J connectivity index is 0.000000454. The van der Waals surface area contributed by atoms with Crippen molar-refractivity contribution in [2.24, 2.45) is 5.41 Å². The van der Waals surface area contributed by atoms with Crippen molar-refractivity contribution >= 4 is 5.97 Å². The molecule has 1 heterocycles. The highest BCUT2D eigenvalue weighted by Gasteiger charge is 2.38. The normalized spacial score (nSPS) is 15.6. The van der Waals surface area contributed by atoms with E-state index >= 15 is 0 Å². The summed E-state index contributed by atoms with van der Waals surface area (Å²) in [5, 5.41) is 10.8. The monoisotopic (exact) mass is 503 g/mol. The van der Waals surface area contributed by atoms with Gasteiger partial charge in [0.2, 0.25) is 0 Å². The zero-order valence-electron chi connectivity index (χ0n) is 20.4. The number of imidazole rings is 1. The summed E-state index contributed by atoms with van der Waals surface area (Å²) in [5.41, 5.74) is 3.99. The summed E-state index contributed by atoms with van der Waals surface area (Å²) in [6.45, 7) is 6.37. The molecule has 36 heavy (non-hydrogen) atoms. The molecule has 194 valence electrons. The molecule has 1 fully saturated rings. The number of carboxylic acids is 1. The maximum absolute atomic E-state index is 10.6. The third-order valence-electron chi connectivity index (χ3n) is 6.23. The molecule has 0 atom stereocenters. The van der Waals surface area contributed by atoms with Crippen molar-refractivity contribution in [3.05, 3.63) is 60.9 Å². The molecular weight excluding hydrogens is 471 g/mol. The van der Waals surface area contributed by atoms with Crippen molar-refractivity contribution in [1.29, 1.82) is 0 Å². The van der Waals surface area contributed by atoms with Gasteiger partial charge in [-0.1, -0.05) is 50.2 Å². The molecule has 1 aliphatic rings. The summed E-state index contributed by atoms with van der Waals surface area (Å²) >= 11 is 0. The number of aromatic amines is 1. The Labute approximate surface area is 208 Å². The van der Waals surface area contributed by atoms with Crippen LogP contribution in [-0.4, -0.2) is 46.4 Å². The molecule has 0 saturated heterocycles. The molecule has 9 heteroatoms. The third-order valence-corrected chi connectivity index (χ3v) is 6.23. The largest absolute Gasteiger partial charge is 0.492 e. The van der Waals surface area contributed by atoms with E-state index in [0.29, 0.717) is 18.1 Å². The van der Waals surface area contributed by atoms with Crippen LogP contribution in [0.3, 0.4) is 0 Å². The lowest BCUT2D eigenvalue weighted by atomic mass is 9.75. The Bertz CT molecular complexity index is 1070. The molecular formula is C27H32F3N3O3. The smallest absolute Gasteiger partial charge is 0.490 e. The first kappa shape index (κ1) is 27.3. The van der Waals surface area contributed by atoms with E-state index in [0.717, 1.165) is 23.7 Å². The highest BCUT2D eigenvalue weighted by Crippen LogP contribution is 2.35. The van der Waals surface area contributed by atoms with Gasteiger partial charge in [0.25, 0.3) is 0 Å². The lowest BCUT2D eigenvalue weighted by Gasteiger charge is -2.34. The van der Waals surface area contributed by atoms with Gasteiger partial charge in [-0.15, -0.1) is 0 Å². The third kappa shape index (κ3) is 8.41. The molecule has 3 N–H and O–H groups in total. The maximum Gasteiger partial charge on any atom is 0.490 e. The molecule has 0 unspecified atom stereocenters. The molecule has 0 spiro atoms. The molecule has 3 aromatic rings. The van der Waals surface area contributed by atoms with Gasteiger partial charge in [0, 0.05) is 30.5 Å². The highest BCUT2D eigenvalue weighted by molar-refractivity contribution is 5.73. The van der Waals surface area contributed by atoms with Gasteiger partial charge in [0.05, 0.1) is 0 Å². The van der Waals surface area contributed by atoms with Crippen LogP contribution in [-0.2, 0) is 4.79 Å². The van der Waals surface area contributed by atoms with Crippen molar-refractivity contribution in [2.75, 3.05) is 13.2 Å². The van der Waals surface area contributed by atoms with E-state index in [-0.39, 0.29) is 0 Å². The number of ether oxygens (including phenoxy) is 1. The Morgan fingerprint density at radius 1 is 1.06 bits per heavy atom. The number of rotatable bonds is 7. The number of carbonyl (C=O) groups is 1. The first-order chi connectivity index (χ1) is 17.0. The second-order valence-electron chi connectivity index (χ2n) is 9.58.